The molecule has 0 saturated heterocycles. The van der Waals surface area contributed by atoms with Gasteiger partial charge in [-0.2, -0.15) is 0 Å². The fourth-order valence-corrected chi connectivity index (χ4v) is 4.45. The maximum atomic E-state index is 12.5. The number of ether oxygens (including phenoxy) is 1. The number of carbonyl (C=O) groups is 1. The van der Waals surface area contributed by atoms with E-state index in [1.807, 2.05) is 33.1 Å². The molecule has 0 aromatic carbocycles. The minimum atomic E-state index is 0.00762. The predicted octanol–water partition coefficient (Wildman–Crippen LogP) is 3.07. The van der Waals surface area contributed by atoms with Gasteiger partial charge in [0.2, 0.25) is 0 Å². The largest absolute Gasteiger partial charge is 0.377 e. The normalized spacial score (nSPS) is 15.7. The number of fused-ring (bicyclic) bond motifs is 1. The van der Waals surface area contributed by atoms with Gasteiger partial charge in [-0.1, -0.05) is 5.16 Å². The number of thiophene rings is 1. The van der Waals surface area contributed by atoms with Gasteiger partial charge in [-0.15, -0.1) is 11.3 Å². The molecule has 3 heterocycles. The van der Waals surface area contributed by atoms with E-state index in [-0.39, 0.29) is 12.0 Å². The zero-order chi connectivity index (χ0) is 18.7. The Morgan fingerprint density at radius 1 is 1.50 bits per heavy atom. The topological polar surface area (TPSA) is 67.6 Å². The molecule has 0 spiro atoms. The summed E-state index contributed by atoms with van der Waals surface area (Å²) in [6.07, 6.45) is 0.926. The molecule has 1 amide bonds. The molecule has 0 bridgehead atoms. The maximum absolute atomic E-state index is 12.5. The van der Waals surface area contributed by atoms with E-state index in [1.54, 1.807) is 11.3 Å². The zero-order valence-corrected chi connectivity index (χ0v) is 16.7. The van der Waals surface area contributed by atoms with Crippen molar-refractivity contribution in [3.8, 4) is 0 Å². The van der Waals surface area contributed by atoms with Crippen molar-refractivity contribution >= 4 is 17.2 Å². The standard InChI is InChI=1S/C19H27N3O3S/c1-5-24-12(2)8-20-19(23)17-11-26-18-10-22(7-6-15(17)18)9-16-13(3)21-25-14(16)4/h11-12H,5-10H2,1-4H3,(H,20,23)/t12-/m0/s1. The van der Waals surface area contributed by atoms with Crippen LogP contribution in [0.1, 0.15) is 51.7 Å². The molecule has 1 aliphatic heterocycles. The molecule has 0 radical (unpaired) electrons. The zero-order valence-electron chi connectivity index (χ0n) is 15.9. The molecule has 142 valence electrons. The van der Waals surface area contributed by atoms with E-state index in [0.717, 1.165) is 43.1 Å². The number of nitrogens with one attached hydrogen (secondary N) is 1. The van der Waals surface area contributed by atoms with Crippen LogP contribution in [0.4, 0.5) is 0 Å². The van der Waals surface area contributed by atoms with Crippen molar-refractivity contribution in [1.29, 1.82) is 0 Å². The second-order valence-electron chi connectivity index (χ2n) is 6.79. The minimum Gasteiger partial charge on any atom is -0.377 e. The molecule has 1 N–H and O–H groups in total. The number of nitrogens with zero attached hydrogens (tertiary/aromatic N) is 2. The van der Waals surface area contributed by atoms with Crippen LogP contribution in [0.2, 0.25) is 0 Å². The first-order valence-corrected chi connectivity index (χ1v) is 10.0. The third kappa shape index (κ3) is 4.16. The molecule has 2 aromatic rings. The fourth-order valence-electron chi connectivity index (χ4n) is 3.33. The first-order valence-electron chi connectivity index (χ1n) is 9.12. The second-order valence-corrected chi connectivity index (χ2v) is 7.75. The lowest BCUT2D eigenvalue weighted by Crippen LogP contribution is -2.34. The summed E-state index contributed by atoms with van der Waals surface area (Å²) in [5.41, 5.74) is 4.16. The van der Waals surface area contributed by atoms with Crippen LogP contribution in [0, 0.1) is 13.8 Å². The smallest absolute Gasteiger partial charge is 0.252 e. The van der Waals surface area contributed by atoms with Crippen LogP contribution in [0.5, 0.6) is 0 Å². The Labute approximate surface area is 158 Å². The molecule has 0 saturated carbocycles. The van der Waals surface area contributed by atoms with Crippen LogP contribution in [0.15, 0.2) is 9.90 Å². The lowest BCUT2D eigenvalue weighted by molar-refractivity contribution is 0.0694. The van der Waals surface area contributed by atoms with Gasteiger partial charge in [0.15, 0.2) is 0 Å². The van der Waals surface area contributed by atoms with E-state index in [0.29, 0.717) is 13.2 Å². The van der Waals surface area contributed by atoms with E-state index < -0.39 is 0 Å². The number of hydrogen-bond acceptors (Lipinski definition) is 6. The lowest BCUT2D eigenvalue weighted by atomic mass is 10.0. The van der Waals surface area contributed by atoms with Gasteiger partial charge in [-0.3, -0.25) is 9.69 Å². The van der Waals surface area contributed by atoms with Crippen LogP contribution in [0.25, 0.3) is 0 Å². The number of hydrogen-bond donors (Lipinski definition) is 1. The molecule has 26 heavy (non-hydrogen) atoms. The highest BCUT2D eigenvalue weighted by molar-refractivity contribution is 7.10. The van der Waals surface area contributed by atoms with Crippen LogP contribution < -0.4 is 5.32 Å². The maximum Gasteiger partial charge on any atom is 0.252 e. The van der Waals surface area contributed by atoms with Crippen molar-refractivity contribution in [1.82, 2.24) is 15.4 Å². The molecular weight excluding hydrogens is 350 g/mol. The predicted molar refractivity (Wildman–Crippen MR) is 102 cm³/mol. The summed E-state index contributed by atoms with van der Waals surface area (Å²) in [5, 5.41) is 9.02. The van der Waals surface area contributed by atoms with E-state index in [4.69, 9.17) is 9.26 Å². The van der Waals surface area contributed by atoms with Crippen molar-refractivity contribution < 1.29 is 14.1 Å². The SMILES string of the molecule is CCO[C@@H](C)CNC(=O)c1csc2c1CCN(Cc1c(C)noc1C)C2. The third-order valence-corrected chi connectivity index (χ3v) is 5.85. The molecule has 1 atom stereocenters. The van der Waals surface area contributed by atoms with E-state index in [1.165, 1.54) is 16.0 Å². The summed E-state index contributed by atoms with van der Waals surface area (Å²) in [6.45, 7) is 11.7. The molecule has 7 heteroatoms. The van der Waals surface area contributed by atoms with Crippen LogP contribution in [-0.2, 0) is 24.2 Å². The Hall–Kier alpha value is -1.70. The Balaban J connectivity index is 1.62. The van der Waals surface area contributed by atoms with Crippen molar-refractivity contribution in [3.05, 3.63) is 38.4 Å². The first kappa shape index (κ1) is 19.1. The van der Waals surface area contributed by atoms with Crippen molar-refractivity contribution in [2.75, 3.05) is 19.7 Å². The molecule has 0 fully saturated rings. The van der Waals surface area contributed by atoms with Gasteiger partial charge in [-0.05, 0) is 39.7 Å². The number of aromatic nitrogens is 1. The minimum absolute atomic E-state index is 0.00762. The summed E-state index contributed by atoms with van der Waals surface area (Å²) in [6, 6.07) is 0. The summed E-state index contributed by atoms with van der Waals surface area (Å²) in [5.74, 6) is 0.899. The Bertz CT molecular complexity index is 749. The van der Waals surface area contributed by atoms with Crippen LogP contribution >= 0.6 is 11.3 Å². The third-order valence-electron chi connectivity index (χ3n) is 4.83. The average molecular weight is 378 g/mol. The Kier molecular flexibility index (Phi) is 6.11. The summed E-state index contributed by atoms with van der Waals surface area (Å²) >= 11 is 1.68. The highest BCUT2D eigenvalue weighted by atomic mass is 32.1. The monoisotopic (exact) mass is 377 g/mol. The van der Waals surface area contributed by atoms with Gasteiger partial charge in [0.25, 0.3) is 5.91 Å². The van der Waals surface area contributed by atoms with Gasteiger partial charge in [0.1, 0.15) is 5.76 Å². The fraction of sp³-hybridized carbons (Fsp3) is 0.579. The number of amides is 1. The summed E-state index contributed by atoms with van der Waals surface area (Å²) in [7, 11) is 0. The molecule has 0 aliphatic carbocycles. The van der Waals surface area contributed by atoms with Gasteiger partial charge < -0.3 is 14.6 Å². The van der Waals surface area contributed by atoms with Gasteiger partial charge in [-0.25, -0.2) is 0 Å². The average Bonchev–Trinajstić information content (AvgIpc) is 3.18. The Morgan fingerprint density at radius 3 is 3.00 bits per heavy atom. The number of rotatable bonds is 7. The highest BCUT2D eigenvalue weighted by Gasteiger charge is 2.25. The van der Waals surface area contributed by atoms with Crippen molar-refractivity contribution in [2.24, 2.45) is 0 Å². The van der Waals surface area contributed by atoms with Crippen molar-refractivity contribution in [2.45, 2.75) is 53.3 Å². The molecular formula is C19H27N3O3S. The molecule has 3 rings (SSSR count). The molecule has 6 nitrogen and oxygen atoms in total. The van der Waals surface area contributed by atoms with Gasteiger partial charge in [0.05, 0.1) is 17.4 Å². The highest BCUT2D eigenvalue weighted by Crippen LogP contribution is 2.30. The lowest BCUT2D eigenvalue weighted by Gasteiger charge is -2.27. The second kappa shape index (κ2) is 8.33. The first-order chi connectivity index (χ1) is 12.5. The van der Waals surface area contributed by atoms with E-state index >= 15 is 0 Å². The molecule has 0 unspecified atom stereocenters. The summed E-state index contributed by atoms with van der Waals surface area (Å²) in [4.78, 5) is 16.2. The number of aryl methyl sites for hydroxylation is 2. The Morgan fingerprint density at radius 2 is 2.31 bits per heavy atom. The molecule has 2 aromatic heterocycles. The van der Waals surface area contributed by atoms with E-state index in [9.17, 15) is 4.79 Å². The van der Waals surface area contributed by atoms with E-state index in [2.05, 4.69) is 15.4 Å². The van der Waals surface area contributed by atoms with Crippen molar-refractivity contribution in [3.63, 3.8) is 0 Å². The number of carbonyl (C=O) groups excluding carboxylic acids is 1. The molecule has 1 aliphatic rings. The van der Waals surface area contributed by atoms with Gasteiger partial charge in [0, 0.05) is 48.6 Å². The van der Waals surface area contributed by atoms with Crippen LogP contribution in [-0.4, -0.2) is 41.8 Å². The van der Waals surface area contributed by atoms with Gasteiger partial charge >= 0.3 is 0 Å². The van der Waals surface area contributed by atoms with Crippen LogP contribution in [0.3, 0.4) is 0 Å². The summed E-state index contributed by atoms with van der Waals surface area (Å²) < 4.78 is 10.7. The quantitative estimate of drug-likeness (QED) is 0.803.